The highest BCUT2D eigenvalue weighted by molar-refractivity contribution is 7.92. The van der Waals surface area contributed by atoms with Crippen molar-refractivity contribution in [2.75, 3.05) is 17.7 Å². The summed E-state index contributed by atoms with van der Waals surface area (Å²) in [6, 6.07) is 14.7. The molecule has 0 aliphatic rings. The van der Waals surface area contributed by atoms with Gasteiger partial charge >= 0.3 is 0 Å². The first-order chi connectivity index (χ1) is 14.3. The molecule has 9 nitrogen and oxygen atoms in total. The summed E-state index contributed by atoms with van der Waals surface area (Å²) in [6.45, 7) is 1.48. The number of hydrogen-bond acceptors (Lipinski definition) is 7. The standard InChI is InChI=1S/C20H22N4O5S/c1-14(24(30(3,26)27)16-9-11-17(28-2)12-10-16)20(25)21-13-18-22-19(23-29-18)15-7-5-4-6-8-15/h4-12,14H,13H2,1-3H3,(H,21,25). The Morgan fingerprint density at radius 2 is 1.83 bits per heavy atom. The lowest BCUT2D eigenvalue weighted by Crippen LogP contribution is -2.47. The molecule has 3 aromatic rings. The number of methoxy groups -OCH3 is 1. The van der Waals surface area contributed by atoms with Gasteiger partial charge in [0, 0.05) is 5.56 Å². The van der Waals surface area contributed by atoms with Gasteiger partial charge in [-0.25, -0.2) is 8.42 Å². The Labute approximate surface area is 174 Å². The van der Waals surface area contributed by atoms with Gasteiger partial charge in [-0.05, 0) is 31.2 Å². The van der Waals surface area contributed by atoms with Crippen LogP contribution in [0, 0.1) is 0 Å². The highest BCUT2D eigenvalue weighted by Crippen LogP contribution is 2.24. The Morgan fingerprint density at radius 3 is 2.43 bits per heavy atom. The molecule has 1 heterocycles. The minimum absolute atomic E-state index is 0.0246. The number of anilines is 1. The molecule has 1 amide bonds. The van der Waals surface area contributed by atoms with E-state index in [1.54, 1.807) is 24.3 Å². The molecular formula is C20H22N4O5S. The minimum atomic E-state index is -3.72. The number of ether oxygens (including phenoxy) is 1. The molecule has 1 unspecified atom stereocenters. The van der Waals surface area contributed by atoms with E-state index in [4.69, 9.17) is 9.26 Å². The zero-order chi connectivity index (χ0) is 21.7. The van der Waals surface area contributed by atoms with Crippen LogP contribution in [0.4, 0.5) is 5.69 Å². The Morgan fingerprint density at radius 1 is 1.17 bits per heavy atom. The average Bonchev–Trinajstić information content (AvgIpc) is 3.21. The van der Waals surface area contributed by atoms with Gasteiger partial charge in [-0.2, -0.15) is 4.98 Å². The molecule has 3 rings (SSSR count). The first kappa shape index (κ1) is 21.3. The van der Waals surface area contributed by atoms with Gasteiger partial charge in [0.15, 0.2) is 0 Å². The Hall–Kier alpha value is -3.40. The van der Waals surface area contributed by atoms with E-state index in [1.807, 2.05) is 30.3 Å². The van der Waals surface area contributed by atoms with Gasteiger partial charge in [0.25, 0.3) is 0 Å². The Balaban J connectivity index is 1.70. The molecule has 0 spiro atoms. The summed E-state index contributed by atoms with van der Waals surface area (Å²) in [6.07, 6.45) is 1.05. The zero-order valence-corrected chi connectivity index (χ0v) is 17.6. The first-order valence-electron chi connectivity index (χ1n) is 9.09. The number of hydrogen-bond donors (Lipinski definition) is 1. The summed E-state index contributed by atoms with van der Waals surface area (Å²) < 4.78 is 36.0. The highest BCUT2D eigenvalue weighted by atomic mass is 32.2. The molecule has 30 heavy (non-hydrogen) atoms. The number of amides is 1. The third-order valence-corrected chi connectivity index (χ3v) is 5.57. The van der Waals surface area contributed by atoms with Crippen molar-refractivity contribution in [1.82, 2.24) is 15.5 Å². The van der Waals surface area contributed by atoms with Crippen LogP contribution in [-0.2, 0) is 21.4 Å². The molecule has 158 valence electrons. The largest absolute Gasteiger partial charge is 0.497 e. The summed E-state index contributed by atoms with van der Waals surface area (Å²) in [5, 5.41) is 6.53. The molecule has 1 N–H and O–H groups in total. The predicted molar refractivity (Wildman–Crippen MR) is 111 cm³/mol. The molecule has 1 aromatic heterocycles. The van der Waals surface area contributed by atoms with Crippen LogP contribution in [0.25, 0.3) is 11.4 Å². The number of sulfonamides is 1. The Bertz CT molecular complexity index is 1100. The second-order valence-corrected chi connectivity index (χ2v) is 8.39. The van der Waals surface area contributed by atoms with Crippen molar-refractivity contribution in [2.45, 2.75) is 19.5 Å². The number of carbonyl (C=O) groups excluding carboxylic acids is 1. The van der Waals surface area contributed by atoms with E-state index in [1.165, 1.54) is 14.0 Å². The van der Waals surface area contributed by atoms with Crippen LogP contribution < -0.4 is 14.4 Å². The molecule has 0 saturated heterocycles. The molecule has 0 bridgehead atoms. The molecule has 0 saturated carbocycles. The van der Waals surface area contributed by atoms with Crippen molar-refractivity contribution in [3.05, 3.63) is 60.5 Å². The summed E-state index contributed by atoms with van der Waals surface area (Å²) in [5.41, 5.74) is 1.14. The molecule has 10 heteroatoms. The number of aromatic nitrogens is 2. The van der Waals surface area contributed by atoms with E-state index in [0.717, 1.165) is 16.1 Å². The van der Waals surface area contributed by atoms with Crippen molar-refractivity contribution < 1.29 is 22.5 Å². The van der Waals surface area contributed by atoms with Crippen LogP contribution >= 0.6 is 0 Å². The highest BCUT2D eigenvalue weighted by Gasteiger charge is 2.29. The van der Waals surface area contributed by atoms with Crippen LogP contribution in [0.3, 0.4) is 0 Å². The molecular weight excluding hydrogens is 408 g/mol. The molecule has 0 fully saturated rings. The normalized spacial score (nSPS) is 12.2. The van der Waals surface area contributed by atoms with Crippen molar-refractivity contribution in [1.29, 1.82) is 0 Å². The fourth-order valence-corrected chi connectivity index (χ4v) is 4.05. The molecule has 0 aliphatic carbocycles. The van der Waals surface area contributed by atoms with Crippen LogP contribution in [0.1, 0.15) is 12.8 Å². The number of benzene rings is 2. The van der Waals surface area contributed by atoms with Gasteiger partial charge in [0.2, 0.25) is 27.6 Å². The minimum Gasteiger partial charge on any atom is -0.497 e. The van der Waals surface area contributed by atoms with Crippen LogP contribution in [-0.4, -0.2) is 43.9 Å². The van der Waals surface area contributed by atoms with E-state index in [-0.39, 0.29) is 12.4 Å². The number of rotatable bonds is 8. The van der Waals surface area contributed by atoms with Gasteiger partial charge in [-0.3, -0.25) is 9.10 Å². The van der Waals surface area contributed by atoms with Crippen LogP contribution in [0.15, 0.2) is 59.1 Å². The maximum absolute atomic E-state index is 12.6. The fraction of sp³-hybridized carbons (Fsp3) is 0.250. The topological polar surface area (TPSA) is 115 Å². The number of carbonyl (C=O) groups is 1. The third-order valence-electron chi connectivity index (χ3n) is 4.33. The second-order valence-electron chi connectivity index (χ2n) is 6.53. The average molecular weight is 430 g/mol. The van der Waals surface area contributed by atoms with E-state index in [9.17, 15) is 13.2 Å². The first-order valence-corrected chi connectivity index (χ1v) is 10.9. The molecule has 0 aliphatic heterocycles. The van der Waals surface area contributed by atoms with Crippen LogP contribution in [0.2, 0.25) is 0 Å². The SMILES string of the molecule is COc1ccc(N(C(C)C(=O)NCc2nc(-c3ccccc3)no2)S(C)(=O)=O)cc1. The van der Waals surface area contributed by atoms with Crippen LogP contribution in [0.5, 0.6) is 5.75 Å². The van der Waals surface area contributed by atoms with E-state index >= 15 is 0 Å². The van der Waals surface area contributed by atoms with Gasteiger partial charge in [0.05, 0.1) is 25.6 Å². The van der Waals surface area contributed by atoms with Gasteiger partial charge in [-0.15, -0.1) is 0 Å². The maximum atomic E-state index is 12.6. The lowest BCUT2D eigenvalue weighted by molar-refractivity contribution is -0.122. The van der Waals surface area contributed by atoms with E-state index < -0.39 is 22.0 Å². The van der Waals surface area contributed by atoms with Crippen molar-refractivity contribution in [3.8, 4) is 17.1 Å². The van der Waals surface area contributed by atoms with Crippen molar-refractivity contribution >= 4 is 21.6 Å². The maximum Gasteiger partial charge on any atom is 0.246 e. The lowest BCUT2D eigenvalue weighted by Gasteiger charge is -2.28. The smallest absolute Gasteiger partial charge is 0.246 e. The molecule has 0 radical (unpaired) electrons. The molecule has 2 aromatic carbocycles. The van der Waals surface area contributed by atoms with Gasteiger partial charge in [-0.1, -0.05) is 35.5 Å². The zero-order valence-electron chi connectivity index (χ0n) is 16.8. The summed E-state index contributed by atoms with van der Waals surface area (Å²) >= 11 is 0. The number of nitrogens with zero attached hydrogens (tertiary/aromatic N) is 3. The lowest BCUT2D eigenvalue weighted by atomic mass is 10.2. The summed E-state index contributed by atoms with van der Waals surface area (Å²) in [5.74, 6) is 0.694. The Kier molecular flexibility index (Phi) is 6.36. The van der Waals surface area contributed by atoms with Crippen molar-refractivity contribution in [3.63, 3.8) is 0 Å². The summed E-state index contributed by atoms with van der Waals surface area (Å²) in [4.78, 5) is 16.9. The monoisotopic (exact) mass is 430 g/mol. The second kappa shape index (κ2) is 8.95. The fourth-order valence-electron chi connectivity index (χ4n) is 2.88. The third kappa shape index (κ3) is 4.95. The van der Waals surface area contributed by atoms with E-state index in [2.05, 4.69) is 15.5 Å². The number of nitrogens with one attached hydrogen (secondary N) is 1. The molecule has 1 atom stereocenters. The predicted octanol–water partition coefficient (Wildman–Crippen LogP) is 2.22. The van der Waals surface area contributed by atoms with E-state index in [0.29, 0.717) is 17.3 Å². The van der Waals surface area contributed by atoms with Gasteiger partial charge in [0.1, 0.15) is 11.8 Å². The quantitative estimate of drug-likeness (QED) is 0.583. The van der Waals surface area contributed by atoms with Gasteiger partial charge < -0.3 is 14.6 Å². The van der Waals surface area contributed by atoms with Crippen molar-refractivity contribution in [2.24, 2.45) is 0 Å². The summed E-state index contributed by atoms with van der Waals surface area (Å²) in [7, 11) is -2.20.